The molecule has 1 atom stereocenters. The second kappa shape index (κ2) is 5.61. The summed E-state index contributed by atoms with van der Waals surface area (Å²) in [6, 6.07) is 3.63. The minimum Gasteiger partial charge on any atom is -0.376 e. The normalized spacial score (nSPS) is 12.5. The fourth-order valence-electron chi connectivity index (χ4n) is 1.93. The highest BCUT2D eigenvalue weighted by molar-refractivity contribution is 6.48. The van der Waals surface area contributed by atoms with Crippen LogP contribution in [0, 0.1) is 6.92 Å². The van der Waals surface area contributed by atoms with E-state index in [-0.39, 0.29) is 6.04 Å². The Morgan fingerprint density at radius 2 is 1.89 bits per heavy atom. The van der Waals surface area contributed by atoms with Crippen LogP contribution in [-0.2, 0) is 7.05 Å². The van der Waals surface area contributed by atoms with E-state index in [2.05, 4.69) is 10.4 Å². The Morgan fingerprint density at radius 1 is 1.21 bits per heavy atom. The van der Waals surface area contributed by atoms with E-state index >= 15 is 0 Å². The third kappa shape index (κ3) is 2.99. The van der Waals surface area contributed by atoms with E-state index in [4.69, 9.17) is 34.8 Å². The van der Waals surface area contributed by atoms with E-state index < -0.39 is 0 Å². The number of hydrogen-bond acceptors (Lipinski definition) is 2. The Hall–Kier alpha value is -0.900. The van der Waals surface area contributed by atoms with E-state index in [9.17, 15) is 0 Å². The van der Waals surface area contributed by atoms with E-state index in [0.717, 1.165) is 16.9 Å². The molecule has 6 heteroatoms. The molecule has 2 aromatic rings. The Kier molecular flexibility index (Phi) is 4.29. The number of benzene rings is 1. The molecule has 0 aliphatic rings. The molecule has 0 amide bonds. The second-order valence-corrected chi connectivity index (χ2v) is 5.60. The average Bonchev–Trinajstić information content (AvgIpc) is 2.65. The van der Waals surface area contributed by atoms with Crippen LogP contribution < -0.4 is 5.32 Å². The van der Waals surface area contributed by atoms with Crippen molar-refractivity contribution < 1.29 is 0 Å². The molecule has 0 saturated carbocycles. The zero-order valence-electron chi connectivity index (χ0n) is 10.8. The second-order valence-electron chi connectivity index (χ2n) is 4.43. The summed E-state index contributed by atoms with van der Waals surface area (Å²) in [4.78, 5) is 0. The molecule has 1 heterocycles. The molecule has 0 aliphatic carbocycles. The summed E-state index contributed by atoms with van der Waals surface area (Å²) >= 11 is 18.2. The van der Waals surface area contributed by atoms with Gasteiger partial charge in [-0.2, -0.15) is 5.10 Å². The van der Waals surface area contributed by atoms with Crippen molar-refractivity contribution in [3.8, 4) is 0 Å². The van der Waals surface area contributed by atoms with Crippen molar-refractivity contribution in [3.63, 3.8) is 0 Å². The lowest BCUT2D eigenvalue weighted by Gasteiger charge is -2.17. The standard InChI is InChI=1S/C13H14Cl3N3/c1-7(17-11-6-19(3)18-8(11)2)9-4-5-10(14)13(16)12(9)15/h4-7,17H,1-3H3. The van der Waals surface area contributed by atoms with Crippen LogP contribution in [0.2, 0.25) is 15.1 Å². The van der Waals surface area contributed by atoms with Gasteiger partial charge in [-0.25, -0.2) is 0 Å². The largest absolute Gasteiger partial charge is 0.376 e. The molecule has 102 valence electrons. The van der Waals surface area contributed by atoms with Crippen LogP contribution in [0.3, 0.4) is 0 Å². The van der Waals surface area contributed by atoms with Gasteiger partial charge in [0.05, 0.1) is 32.5 Å². The number of hydrogen-bond donors (Lipinski definition) is 1. The van der Waals surface area contributed by atoms with Crippen molar-refractivity contribution in [3.05, 3.63) is 44.7 Å². The molecule has 0 fully saturated rings. The molecule has 0 spiro atoms. The van der Waals surface area contributed by atoms with Gasteiger partial charge in [-0.1, -0.05) is 40.9 Å². The van der Waals surface area contributed by atoms with Gasteiger partial charge in [0.2, 0.25) is 0 Å². The van der Waals surface area contributed by atoms with Gasteiger partial charge >= 0.3 is 0 Å². The summed E-state index contributed by atoms with van der Waals surface area (Å²) in [6.45, 7) is 3.96. The first-order valence-electron chi connectivity index (χ1n) is 5.80. The van der Waals surface area contributed by atoms with Crippen molar-refractivity contribution >= 4 is 40.5 Å². The van der Waals surface area contributed by atoms with Gasteiger partial charge in [0.1, 0.15) is 0 Å². The fourth-order valence-corrected chi connectivity index (χ4v) is 2.63. The van der Waals surface area contributed by atoms with Crippen molar-refractivity contribution in [1.82, 2.24) is 9.78 Å². The van der Waals surface area contributed by atoms with E-state index in [0.29, 0.717) is 15.1 Å². The first-order valence-corrected chi connectivity index (χ1v) is 6.93. The maximum Gasteiger partial charge on any atom is 0.0825 e. The summed E-state index contributed by atoms with van der Waals surface area (Å²) in [7, 11) is 1.88. The molecule has 19 heavy (non-hydrogen) atoms. The third-order valence-corrected chi connectivity index (χ3v) is 4.23. The predicted octanol–water partition coefficient (Wildman–Crippen LogP) is 4.86. The third-order valence-electron chi connectivity index (χ3n) is 2.92. The van der Waals surface area contributed by atoms with Gasteiger partial charge in [-0.3, -0.25) is 4.68 Å². The SMILES string of the molecule is Cc1nn(C)cc1NC(C)c1ccc(Cl)c(Cl)c1Cl. The molecule has 1 unspecified atom stereocenters. The number of anilines is 1. The number of rotatable bonds is 3. The molecular formula is C13H14Cl3N3. The van der Waals surface area contributed by atoms with Gasteiger partial charge in [0.15, 0.2) is 0 Å². The van der Waals surface area contributed by atoms with Crippen LogP contribution in [0.25, 0.3) is 0 Å². The van der Waals surface area contributed by atoms with Crippen LogP contribution in [0.1, 0.15) is 24.2 Å². The highest BCUT2D eigenvalue weighted by Crippen LogP contribution is 2.36. The van der Waals surface area contributed by atoms with Gasteiger partial charge in [-0.15, -0.1) is 0 Å². The molecule has 1 aromatic heterocycles. The Labute approximate surface area is 127 Å². The average molecular weight is 319 g/mol. The zero-order chi connectivity index (χ0) is 14.2. The molecular weight excluding hydrogens is 305 g/mol. The smallest absolute Gasteiger partial charge is 0.0825 e. The first kappa shape index (κ1) is 14.5. The van der Waals surface area contributed by atoms with Crippen LogP contribution >= 0.6 is 34.8 Å². The number of aromatic nitrogens is 2. The van der Waals surface area contributed by atoms with Gasteiger partial charge in [0, 0.05) is 13.2 Å². The summed E-state index contributed by atoms with van der Waals surface area (Å²) in [5.41, 5.74) is 2.81. The highest BCUT2D eigenvalue weighted by atomic mass is 35.5. The maximum absolute atomic E-state index is 6.23. The lowest BCUT2D eigenvalue weighted by molar-refractivity contribution is 0.756. The lowest BCUT2D eigenvalue weighted by atomic mass is 10.1. The van der Waals surface area contributed by atoms with Crippen LogP contribution in [0.15, 0.2) is 18.3 Å². The minimum atomic E-state index is 0.00478. The molecule has 3 nitrogen and oxygen atoms in total. The van der Waals surface area contributed by atoms with Crippen LogP contribution in [0.4, 0.5) is 5.69 Å². The molecule has 0 aliphatic heterocycles. The van der Waals surface area contributed by atoms with Crippen LogP contribution in [-0.4, -0.2) is 9.78 Å². The molecule has 0 saturated heterocycles. The predicted molar refractivity (Wildman–Crippen MR) is 81.5 cm³/mol. The molecule has 0 bridgehead atoms. The van der Waals surface area contributed by atoms with E-state index in [1.807, 2.05) is 33.2 Å². The van der Waals surface area contributed by atoms with Crippen molar-refractivity contribution in [2.45, 2.75) is 19.9 Å². The lowest BCUT2D eigenvalue weighted by Crippen LogP contribution is -2.07. The first-order chi connectivity index (χ1) is 8.90. The Bertz CT molecular complexity index is 607. The van der Waals surface area contributed by atoms with Gasteiger partial charge in [-0.05, 0) is 25.5 Å². The molecule has 1 aromatic carbocycles. The number of aryl methyl sites for hydroxylation is 2. The number of nitrogens with zero attached hydrogens (tertiary/aromatic N) is 2. The van der Waals surface area contributed by atoms with E-state index in [1.54, 1.807) is 10.7 Å². The zero-order valence-corrected chi connectivity index (χ0v) is 13.1. The van der Waals surface area contributed by atoms with Crippen LogP contribution in [0.5, 0.6) is 0 Å². The Balaban J connectivity index is 2.28. The quantitative estimate of drug-likeness (QED) is 0.819. The van der Waals surface area contributed by atoms with Crippen molar-refractivity contribution in [2.24, 2.45) is 7.05 Å². The van der Waals surface area contributed by atoms with Gasteiger partial charge in [0.25, 0.3) is 0 Å². The molecule has 2 rings (SSSR count). The Morgan fingerprint density at radius 3 is 2.47 bits per heavy atom. The monoisotopic (exact) mass is 317 g/mol. The summed E-state index contributed by atoms with van der Waals surface area (Å²) < 4.78 is 1.76. The number of nitrogens with one attached hydrogen (secondary N) is 1. The van der Waals surface area contributed by atoms with Gasteiger partial charge < -0.3 is 5.32 Å². The van der Waals surface area contributed by atoms with E-state index in [1.165, 1.54) is 0 Å². The molecule has 0 radical (unpaired) electrons. The maximum atomic E-state index is 6.23. The van der Waals surface area contributed by atoms with Crippen molar-refractivity contribution in [1.29, 1.82) is 0 Å². The number of halogens is 3. The summed E-state index contributed by atoms with van der Waals surface area (Å²) in [5, 5.41) is 8.98. The van der Waals surface area contributed by atoms with Crippen molar-refractivity contribution in [2.75, 3.05) is 5.32 Å². The fraction of sp³-hybridized carbons (Fsp3) is 0.308. The molecule has 1 N–H and O–H groups in total. The summed E-state index contributed by atoms with van der Waals surface area (Å²) in [6.07, 6.45) is 1.93. The highest BCUT2D eigenvalue weighted by Gasteiger charge is 2.15. The topological polar surface area (TPSA) is 29.9 Å². The minimum absolute atomic E-state index is 0.00478. The summed E-state index contributed by atoms with van der Waals surface area (Å²) in [5.74, 6) is 0.